The van der Waals surface area contributed by atoms with E-state index in [0.29, 0.717) is 18.0 Å². The normalized spacial score (nSPS) is 11.6. The van der Waals surface area contributed by atoms with Gasteiger partial charge in [0, 0.05) is 17.8 Å². The maximum absolute atomic E-state index is 12.5. The average molecular weight is 356 g/mol. The summed E-state index contributed by atoms with van der Waals surface area (Å²) in [4.78, 5) is 0.180. The molecule has 0 aromatic heterocycles. The maximum atomic E-state index is 12.5. The van der Waals surface area contributed by atoms with E-state index in [1.165, 1.54) is 12.1 Å². The van der Waals surface area contributed by atoms with Crippen molar-refractivity contribution in [1.82, 2.24) is 4.72 Å². The molecule has 0 saturated heterocycles. The first-order chi connectivity index (χ1) is 12.0. The van der Waals surface area contributed by atoms with Crippen LogP contribution >= 0.6 is 0 Å². The third-order valence-electron chi connectivity index (χ3n) is 3.93. The van der Waals surface area contributed by atoms with Gasteiger partial charge in [0.05, 0.1) is 11.5 Å². The van der Waals surface area contributed by atoms with Gasteiger partial charge in [0.25, 0.3) is 0 Å². The topological polar surface area (TPSA) is 81.4 Å². The Hall–Kier alpha value is -2.57. The van der Waals surface area contributed by atoms with Gasteiger partial charge in [-0.3, -0.25) is 0 Å². The molecule has 0 heterocycles. The Bertz CT molecular complexity index is 983. The summed E-state index contributed by atoms with van der Waals surface area (Å²) >= 11 is 0. The molecule has 0 atom stereocenters. The molecule has 0 aliphatic carbocycles. The summed E-state index contributed by atoms with van der Waals surface area (Å²) in [6.07, 6.45) is 0. The Morgan fingerprint density at radius 2 is 1.72 bits per heavy atom. The minimum atomic E-state index is -3.64. The molecule has 3 aromatic rings. The van der Waals surface area contributed by atoms with Crippen LogP contribution < -0.4 is 15.2 Å². The summed E-state index contributed by atoms with van der Waals surface area (Å²) in [6, 6.07) is 17.8. The lowest BCUT2D eigenvalue weighted by atomic mass is 10.0. The third kappa shape index (κ3) is 3.75. The highest BCUT2D eigenvalue weighted by Gasteiger charge is 2.16. The van der Waals surface area contributed by atoms with Crippen molar-refractivity contribution in [2.75, 3.05) is 12.3 Å². The fourth-order valence-corrected chi connectivity index (χ4v) is 3.68. The van der Waals surface area contributed by atoms with Gasteiger partial charge in [-0.15, -0.1) is 0 Å². The Labute approximate surface area is 147 Å². The number of rotatable bonds is 6. The summed E-state index contributed by atoms with van der Waals surface area (Å²) in [5, 5.41) is 2.00. The largest absolute Gasteiger partial charge is 0.494 e. The van der Waals surface area contributed by atoms with Crippen LogP contribution in [0.2, 0.25) is 0 Å². The number of anilines is 1. The SMILES string of the molecule is CCOc1ccc2ccccc2c1CNS(=O)(=O)c1ccc(N)cc1. The highest BCUT2D eigenvalue weighted by atomic mass is 32.2. The van der Waals surface area contributed by atoms with Crippen LogP contribution in [0.4, 0.5) is 5.69 Å². The summed E-state index contributed by atoms with van der Waals surface area (Å²) in [7, 11) is -3.64. The molecule has 0 aliphatic rings. The predicted octanol–water partition coefficient (Wildman–Crippen LogP) is 3.30. The van der Waals surface area contributed by atoms with Crippen molar-refractivity contribution >= 4 is 26.5 Å². The molecule has 3 N–H and O–H groups in total. The van der Waals surface area contributed by atoms with Crippen LogP contribution in [0.15, 0.2) is 65.6 Å². The molecular weight excluding hydrogens is 336 g/mol. The zero-order valence-electron chi connectivity index (χ0n) is 13.9. The fraction of sp³-hybridized carbons (Fsp3) is 0.158. The Kier molecular flexibility index (Phi) is 4.92. The first-order valence-electron chi connectivity index (χ1n) is 8.00. The first-order valence-corrected chi connectivity index (χ1v) is 9.48. The summed E-state index contributed by atoms with van der Waals surface area (Å²) in [5.41, 5.74) is 6.96. The van der Waals surface area contributed by atoms with E-state index < -0.39 is 10.0 Å². The standard InChI is InChI=1S/C19H20N2O3S/c1-2-24-19-12-7-14-5-3-4-6-17(14)18(19)13-21-25(22,23)16-10-8-15(20)9-11-16/h3-12,21H,2,13,20H2,1H3. The second kappa shape index (κ2) is 7.13. The summed E-state index contributed by atoms with van der Waals surface area (Å²) < 4.78 is 33.4. The third-order valence-corrected chi connectivity index (χ3v) is 5.34. The van der Waals surface area contributed by atoms with E-state index >= 15 is 0 Å². The van der Waals surface area contributed by atoms with E-state index in [1.54, 1.807) is 12.1 Å². The molecule has 130 valence electrons. The van der Waals surface area contributed by atoms with Crippen molar-refractivity contribution in [3.63, 3.8) is 0 Å². The van der Waals surface area contributed by atoms with Crippen molar-refractivity contribution in [1.29, 1.82) is 0 Å². The number of sulfonamides is 1. The molecule has 0 saturated carbocycles. The Morgan fingerprint density at radius 1 is 1.00 bits per heavy atom. The Balaban J connectivity index is 1.94. The number of hydrogen-bond acceptors (Lipinski definition) is 4. The number of nitrogens with one attached hydrogen (secondary N) is 1. The van der Waals surface area contributed by atoms with Gasteiger partial charge in [-0.05, 0) is 48.0 Å². The molecule has 0 aliphatic heterocycles. The second-order valence-corrected chi connectivity index (χ2v) is 7.36. The van der Waals surface area contributed by atoms with Crippen molar-refractivity contribution in [2.24, 2.45) is 0 Å². The van der Waals surface area contributed by atoms with Gasteiger partial charge in [-0.1, -0.05) is 30.3 Å². The fourth-order valence-electron chi connectivity index (χ4n) is 2.69. The lowest BCUT2D eigenvalue weighted by molar-refractivity contribution is 0.337. The summed E-state index contributed by atoms with van der Waals surface area (Å²) in [5.74, 6) is 0.682. The highest BCUT2D eigenvalue weighted by Crippen LogP contribution is 2.28. The number of fused-ring (bicyclic) bond motifs is 1. The van der Waals surface area contributed by atoms with E-state index in [9.17, 15) is 8.42 Å². The summed E-state index contributed by atoms with van der Waals surface area (Å²) in [6.45, 7) is 2.55. The number of nitrogens with two attached hydrogens (primary N) is 1. The van der Waals surface area contributed by atoms with Crippen LogP contribution in [0.25, 0.3) is 10.8 Å². The lowest BCUT2D eigenvalue weighted by Gasteiger charge is -2.14. The number of hydrogen-bond donors (Lipinski definition) is 2. The molecule has 0 fully saturated rings. The van der Waals surface area contributed by atoms with Crippen LogP contribution in [-0.4, -0.2) is 15.0 Å². The number of ether oxygens (including phenoxy) is 1. The molecule has 0 unspecified atom stereocenters. The van der Waals surface area contributed by atoms with E-state index in [1.807, 2.05) is 43.3 Å². The van der Waals surface area contributed by atoms with Gasteiger partial charge in [0.15, 0.2) is 0 Å². The van der Waals surface area contributed by atoms with Crippen LogP contribution in [0.3, 0.4) is 0 Å². The average Bonchev–Trinajstić information content (AvgIpc) is 2.61. The number of nitrogen functional groups attached to an aromatic ring is 1. The van der Waals surface area contributed by atoms with Gasteiger partial charge in [0.1, 0.15) is 5.75 Å². The van der Waals surface area contributed by atoms with E-state index in [2.05, 4.69) is 4.72 Å². The molecule has 0 bridgehead atoms. The Morgan fingerprint density at radius 3 is 2.44 bits per heavy atom. The first kappa shape index (κ1) is 17.3. The molecule has 6 heteroatoms. The zero-order chi connectivity index (χ0) is 17.9. The van der Waals surface area contributed by atoms with Gasteiger partial charge in [-0.2, -0.15) is 0 Å². The van der Waals surface area contributed by atoms with E-state index in [0.717, 1.165) is 16.3 Å². The molecule has 25 heavy (non-hydrogen) atoms. The van der Waals surface area contributed by atoms with Gasteiger partial charge in [0.2, 0.25) is 10.0 Å². The molecule has 0 amide bonds. The molecule has 5 nitrogen and oxygen atoms in total. The smallest absolute Gasteiger partial charge is 0.240 e. The van der Waals surface area contributed by atoms with Crippen molar-refractivity contribution < 1.29 is 13.2 Å². The van der Waals surface area contributed by atoms with Crippen LogP contribution in [0.1, 0.15) is 12.5 Å². The lowest BCUT2D eigenvalue weighted by Crippen LogP contribution is -2.23. The monoisotopic (exact) mass is 356 g/mol. The van der Waals surface area contributed by atoms with E-state index in [4.69, 9.17) is 10.5 Å². The van der Waals surface area contributed by atoms with Crippen molar-refractivity contribution in [2.45, 2.75) is 18.4 Å². The molecular formula is C19H20N2O3S. The number of benzene rings is 3. The molecule has 0 radical (unpaired) electrons. The van der Waals surface area contributed by atoms with Crippen molar-refractivity contribution in [3.8, 4) is 5.75 Å². The van der Waals surface area contributed by atoms with E-state index in [-0.39, 0.29) is 11.4 Å². The van der Waals surface area contributed by atoms with Crippen LogP contribution in [0, 0.1) is 0 Å². The minimum Gasteiger partial charge on any atom is -0.494 e. The minimum absolute atomic E-state index is 0.142. The zero-order valence-corrected chi connectivity index (χ0v) is 14.7. The van der Waals surface area contributed by atoms with Crippen LogP contribution in [0.5, 0.6) is 5.75 Å². The molecule has 0 spiro atoms. The quantitative estimate of drug-likeness (QED) is 0.664. The van der Waals surface area contributed by atoms with Gasteiger partial charge < -0.3 is 10.5 Å². The van der Waals surface area contributed by atoms with Crippen molar-refractivity contribution in [3.05, 3.63) is 66.2 Å². The predicted molar refractivity (Wildman–Crippen MR) is 100.0 cm³/mol. The van der Waals surface area contributed by atoms with Gasteiger partial charge >= 0.3 is 0 Å². The second-order valence-electron chi connectivity index (χ2n) is 5.59. The molecule has 3 rings (SSSR count). The van der Waals surface area contributed by atoms with Gasteiger partial charge in [-0.25, -0.2) is 13.1 Å². The maximum Gasteiger partial charge on any atom is 0.240 e. The van der Waals surface area contributed by atoms with Crippen LogP contribution in [-0.2, 0) is 16.6 Å². The molecule has 3 aromatic carbocycles. The highest BCUT2D eigenvalue weighted by molar-refractivity contribution is 7.89.